The molecular formula is C15H17N3OS. The number of imidazole rings is 1. The van der Waals surface area contributed by atoms with E-state index < -0.39 is 0 Å². The fourth-order valence-electron chi connectivity index (χ4n) is 2.08. The maximum Gasteiger partial charge on any atom is 0.193 e. The molecule has 1 atom stereocenters. The van der Waals surface area contributed by atoms with Crippen LogP contribution in [0.4, 0.5) is 0 Å². The van der Waals surface area contributed by atoms with E-state index in [4.69, 9.17) is 4.74 Å². The van der Waals surface area contributed by atoms with Crippen molar-refractivity contribution in [3.63, 3.8) is 0 Å². The molecule has 0 aliphatic carbocycles. The zero-order valence-electron chi connectivity index (χ0n) is 11.3. The van der Waals surface area contributed by atoms with Crippen LogP contribution in [0.2, 0.25) is 0 Å². The van der Waals surface area contributed by atoms with E-state index in [1.54, 1.807) is 11.3 Å². The van der Waals surface area contributed by atoms with Crippen molar-refractivity contribution < 1.29 is 4.74 Å². The molecule has 104 valence electrons. The first-order valence-corrected chi connectivity index (χ1v) is 7.49. The molecule has 0 saturated heterocycles. The maximum absolute atomic E-state index is 5.79. The SMILES string of the molecule is CNC(COc1ccccc1)Cc1cn2ccsc2n1. The van der Waals surface area contributed by atoms with Gasteiger partial charge in [-0.15, -0.1) is 11.3 Å². The number of ether oxygens (including phenoxy) is 1. The molecule has 0 bridgehead atoms. The Bertz CT molecular complexity index is 633. The van der Waals surface area contributed by atoms with Crippen LogP contribution in [0.1, 0.15) is 5.69 Å². The molecule has 3 rings (SSSR count). The minimum absolute atomic E-state index is 0.250. The van der Waals surface area contributed by atoms with Crippen molar-refractivity contribution in [2.45, 2.75) is 12.5 Å². The van der Waals surface area contributed by atoms with Crippen LogP contribution in [0.3, 0.4) is 0 Å². The summed E-state index contributed by atoms with van der Waals surface area (Å²) in [5.41, 5.74) is 1.09. The summed E-state index contributed by atoms with van der Waals surface area (Å²) in [7, 11) is 1.96. The number of hydrogen-bond acceptors (Lipinski definition) is 4. The normalized spacial score (nSPS) is 12.7. The summed E-state index contributed by atoms with van der Waals surface area (Å²) in [4.78, 5) is 5.64. The van der Waals surface area contributed by atoms with Gasteiger partial charge in [0.25, 0.3) is 0 Å². The molecule has 0 spiro atoms. The van der Waals surface area contributed by atoms with Crippen molar-refractivity contribution >= 4 is 16.3 Å². The van der Waals surface area contributed by atoms with Gasteiger partial charge in [-0.3, -0.25) is 4.40 Å². The van der Waals surface area contributed by atoms with Gasteiger partial charge in [-0.2, -0.15) is 0 Å². The zero-order valence-corrected chi connectivity index (χ0v) is 12.1. The minimum Gasteiger partial charge on any atom is -0.492 e. The highest BCUT2D eigenvalue weighted by atomic mass is 32.1. The molecule has 2 heterocycles. The number of nitrogens with one attached hydrogen (secondary N) is 1. The van der Waals surface area contributed by atoms with Gasteiger partial charge in [-0.1, -0.05) is 18.2 Å². The Kier molecular flexibility index (Phi) is 3.99. The molecule has 0 aliphatic heterocycles. The van der Waals surface area contributed by atoms with Gasteiger partial charge in [0.1, 0.15) is 12.4 Å². The molecule has 3 aromatic rings. The summed E-state index contributed by atoms with van der Waals surface area (Å²) in [6.45, 7) is 0.631. The predicted molar refractivity (Wildman–Crippen MR) is 81.6 cm³/mol. The number of para-hydroxylation sites is 1. The molecule has 1 aromatic carbocycles. The smallest absolute Gasteiger partial charge is 0.193 e. The summed E-state index contributed by atoms with van der Waals surface area (Å²) in [6.07, 6.45) is 4.97. The molecule has 0 fully saturated rings. The molecule has 0 amide bonds. The van der Waals surface area contributed by atoms with Crippen molar-refractivity contribution in [1.82, 2.24) is 14.7 Å². The highest BCUT2D eigenvalue weighted by Gasteiger charge is 2.11. The molecule has 2 aromatic heterocycles. The van der Waals surface area contributed by atoms with E-state index in [2.05, 4.69) is 20.9 Å². The topological polar surface area (TPSA) is 38.6 Å². The van der Waals surface area contributed by atoms with Crippen molar-refractivity contribution in [2.24, 2.45) is 0 Å². The number of thiazole rings is 1. The lowest BCUT2D eigenvalue weighted by Gasteiger charge is -2.15. The van der Waals surface area contributed by atoms with Crippen molar-refractivity contribution in [1.29, 1.82) is 0 Å². The fraction of sp³-hybridized carbons (Fsp3) is 0.267. The lowest BCUT2D eigenvalue weighted by atomic mass is 10.2. The second-order valence-electron chi connectivity index (χ2n) is 4.64. The number of likely N-dealkylation sites (N-methyl/N-ethyl adjacent to an activating group) is 1. The van der Waals surface area contributed by atoms with Crippen LogP contribution >= 0.6 is 11.3 Å². The number of aromatic nitrogens is 2. The predicted octanol–water partition coefficient (Wildman–Crippen LogP) is 2.61. The van der Waals surface area contributed by atoms with Gasteiger partial charge in [0.2, 0.25) is 0 Å². The summed E-state index contributed by atoms with van der Waals surface area (Å²) < 4.78 is 7.85. The Morgan fingerprint density at radius 2 is 2.20 bits per heavy atom. The van der Waals surface area contributed by atoms with Crippen LogP contribution in [0.25, 0.3) is 4.96 Å². The Labute approximate surface area is 122 Å². The lowest BCUT2D eigenvalue weighted by Crippen LogP contribution is -2.33. The number of hydrogen-bond donors (Lipinski definition) is 1. The van der Waals surface area contributed by atoms with Gasteiger partial charge >= 0.3 is 0 Å². The quantitative estimate of drug-likeness (QED) is 0.757. The summed E-state index contributed by atoms with van der Waals surface area (Å²) in [5.74, 6) is 0.901. The standard InChI is InChI=1S/C15H17N3OS/c1-16-13(11-19-14-5-3-2-4-6-14)9-12-10-18-7-8-20-15(18)17-12/h2-8,10,13,16H,9,11H2,1H3. The second-order valence-corrected chi connectivity index (χ2v) is 5.51. The molecule has 0 aliphatic rings. The van der Waals surface area contributed by atoms with Crippen LogP contribution in [0, 0.1) is 0 Å². The van der Waals surface area contributed by atoms with Gasteiger partial charge in [-0.05, 0) is 19.2 Å². The first kappa shape index (κ1) is 13.1. The van der Waals surface area contributed by atoms with Gasteiger partial charge in [-0.25, -0.2) is 4.98 Å². The molecule has 5 heteroatoms. The van der Waals surface area contributed by atoms with E-state index in [-0.39, 0.29) is 6.04 Å². The zero-order chi connectivity index (χ0) is 13.8. The number of nitrogens with zero attached hydrogens (tertiary/aromatic N) is 2. The molecule has 0 radical (unpaired) electrons. The van der Waals surface area contributed by atoms with Crippen LogP contribution in [0.5, 0.6) is 5.75 Å². The highest BCUT2D eigenvalue weighted by Crippen LogP contribution is 2.13. The Balaban J connectivity index is 1.60. The van der Waals surface area contributed by atoms with Gasteiger partial charge in [0, 0.05) is 30.2 Å². The molecule has 20 heavy (non-hydrogen) atoms. The number of rotatable bonds is 6. The largest absolute Gasteiger partial charge is 0.492 e. The van der Waals surface area contributed by atoms with E-state index in [0.29, 0.717) is 6.61 Å². The van der Waals surface area contributed by atoms with Crippen molar-refractivity contribution in [2.75, 3.05) is 13.7 Å². The average molecular weight is 287 g/mol. The van der Waals surface area contributed by atoms with Crippen LogP contribution in [0.15, 0.2) is 48.1 Å². The van der Waals surface area contributed by atoms with E-state index in [9.17, 15) is 0 Å². The number of fused-ring (bicyclic) bond motifs is 1. The minimum atomic E-state index is 0.250. The van der Waals surface area contributed by atoms with E-state index in [1.165, 1.54) is 0 Å². The monoisotopic (exact) mass is 287 g/mol. The number of benzene rings is 1. The third-order valence-electron chi connectivity index (χ3n) is 3.20. The third kappa shape index (κ3) is 3.00. The van der Waals surface area contributed by atoms with Gasteiger partial charge in [0.05, 0.1) is 5.69 Å². The Morgan fingerprint density at radius 1 is 1.35 bits per heavy atom. The molecule has 0 saturated carbocycles. The lowest BCUT2D eigenvalue weighted by molar-refractivity contribution is 0.269. The first-order chi connectivity index (χ1) is 9.85. The first-order valence-electron chi connectivity index (χ1n) is 6.61. The van der Waals surface area contributed by atoms with Crippen LogP contribution < -0.4 is 10.1 Å². The molecule has 1 unspecified atom stereocenters. The Hall–Kier alpha value is -1.85. The highest BCUT2D eigenvalue weighted by molar-refractivity contribution is 7.15. The van der Waals surface area contributed by atoms with Gasteiger partial charge in [0.15, 0.2) is 4.96 Å². The summed E-state index contributed by atoms with van der Waals surface area (Å²) >= 11 is 1.65. The average Bonchev–Trinajstić information content (AvgIpc) is 3.05. The summed E-state index contributed by atoms with van der Waals surface area (Å²) in [5, 5.41) is 5.33. The van der Waals surface area contributed by atoms with Crippen LogP contribution in [-0.2, 0) is 6.42 Å². The van der Waals surface area contributed by atoms with Crippen molar-refractivity contribution in [3.05, 3.63) is 53.8 Å². The molecular weight excluding hydrogens is 270 g/mol. The van der Waals surface area contributed by atoms with E-state index in [0.717, 1.165) is 22.8 Å². The van der Waals surface area contributed by atoms with Crippen molar-refractivity contribution in [3.8, 4) is 5.75 Å². The van der Waals surface area contributed by atoms with E-state index >= 15 is 0 Å². The Morgan fingerprint density at radius 3 is 2.95 bits per heavy atom. The van der Waals surface area contributed by atoms with E-state index in [1.807, 2.05) is 49.0 Å². The van der Waals surface area contributed by atoms with Gasteiger partial charge < -0.3 is 10.1 Å². The molecule has 1 N–H and O–H groups in total. The molecule has 4 nitrogen and oxygen atoms in total. The maximum atomic E-state index is 5.79. The fourth-order valence-corrected chi connectivity index (χ4v) is 2.80. The third-order valence-corrected chi connectivity index (χ3v) is 3.97. The van der Waals surface area contributed by atoms with Crippen LogP contribution in [-0.4, -0.2) is 29.1 Å². The summed E-state index contributed by atoms with van der Waals surface area (Å²) in [6, 6.07) is 10.1. The second kappa shape index (κ2) is 6.07.